The van der Waals surface area contributed by atoms with E-state index in [0.29, 0.717) is 10.9 Å². The molecule has 126 valence electrons. The predicted molar refractivity (Wildman–Crippen MR) is 96.2 cm³/mol. The highest BCUT2D eigenvalue weighted by Crippen LogP contribution is 2.54. The minimum Gasteiger partial charge on any atom is -0.305 e. The van der Waals surface area contributed by atoms with Crippen molar-refractivity contribution in [3.05, 3.63) is 33.0 Å². The number of nitrogens with one attached hydrogen (secondary N) is 1. The normalized spacial score (nSPS) is 28.2. The molecule has 1 N–H and O–H groups in total. The quantitative estimate of drug-likeness (QED) is 0.805. The Morgan fingerprint density at radius 1 is 1.36 bits per heavy atom. The molecule has 2 aliphatic rings. The summed E-state index contributed by atoms with van der Waals surface area (Å²) in [6.45, 7) is 4.29. The van der Waals surface area contributed by atoms with E-state index < -0.39 is 17.3 Å². The Kier molecular flexibility index (Phi) is 4.67. The SMILES string of the molecule is CCN1CC=C2C(C#N)C(=N)C(C#N)(C#N)[C@@H](c3ccc(Cl)s3)[C@H]2C1. The molecule has 3 rings (SSSR count). The second-order valence-corrected chi connectivity index (χ2v) is 8.04. The van der Waals surface area contributed by atoms with Gasteiger partial charge in [0.15, 0.2) is 5.41 Å². The molecular weight excluding hydrogens is 354 g/mol. The van der Waals surface area contributed by atoms with Crippen LogP contribution in [0.25, 0.3) is 0 Å². The van der Waals surface area contributed by atoms with Crippen molar-refractivity contribution in [3.8, 4) is 18.2 Å². The molecule has 25 heavy (non-hydrogen) atoms. The van der Waals surface area contributed by atoms with Crippen LogP contribution in [-0.4, -0.2) is 30.2 Å². The van der Waals surface area contributed by atoms with E-state index in [2.05, 4.69) is 30.0 Å². The molecule has 0 amide bonds. The van der Waals surface area contributed by atoms with Gasteiger partial charge in [0, 0.05) is 29.8 Å². The van der Waals surface area contributed by atoms with E-state index >= 15 is 0 Å². The van der Waals surface area contributed by atoms with Crippen molar-refractivity contribution in [2.45, 2.75) is 12.8 Å². The topological polar surface area (TPSA) is 98.5 Å². The van der Waals surface area contributed by atoms with Crippen molar-refractivity contribution in [2.75, 3.05) is 19.6 Å². The highest BCUT2D eigenvalue weighted by atomic mass is 35.5. The first-order valence-corrected chi connectivity index (χ1v) is 9.20. The molecule has 0 radical (unpaired) electrons. The van der Waals surface area contributed by atoms with Gasteiger partial charge >= 0.3 is 0 Å². The molecule has 1 aromatic heterocycles. The van der Waals surface area contributed by atoms with Crippen LogP contribution in [0, 0.1) is 56.7 Å². The average molecular weight is 370 g/mol. The standard InChI is InChI=1S/C18H16ClN5S/c1-2-24-6-5-11-12(7-20)17(23)18(9-21,10-22)16(13(11)8-24)14-3-4-15(19)25-14/h3-5,12-13,16,23H,2,6,8H2,1H3/t12?,13-,16+/m0/s1. The van der Waals surface area contributed by atoms with Crippen molar-refractivity contribution < 1.29 is 0 Å². The predicted octanol–water partition coefficient (Wildman–Crippen LogP) is 3.57. The Morgan fingerprint density at radius 3 is 2.60 bits per heavy atom. The Morgan fingerprint density at radius 2 is 2.08 bits per heavy atom. The second-order valence-electron chi connectivity index (χ2n) is 6.29. The molecule has 7 heteroatoms. The first kappa shape index (κ1) is 17.6. The van der Waals surface area contributed by atoms with Gasteiger partial charge in [0.2, 0.25) is 0 Å². The van der Waals surface area contributed by atoms with Crippen LogP contribution in [0.1, 0.15) is 17.7 Å². The van der Waals surface area contributed by atoms with E-state index in [-0.39, 0.29) is 11.6 Å². The van der Waals surface area contributed by atoms with Crippen molar-refractivity contribution in [1.82, 2.24) is 4.90 Å². The molecule has 1 fully saturated rings. The van der Waals surface area contributed by atoms with Crippen LogP contribution >= 0.6 is 22.9 Å². The Hall–Kier alpha value is -2.17. The summed E-state index contributed by atoms with van der Waals surface area (Å²) in [6.07, 6.45) is 2.00. The number of nitriles is 3. The van der Waals surface area contributed by atoms with Gasteiger partial charge in [-0.3, -0.25) is 4.90 Å². The zero-order valence-electron chi connectivity index (χ0n) is 13.7. The molecule has 1 aliphatic heterocycles. The van der Waals surface area contributed by atoms with E-state index in [0.717, 1.165) is 23.5 Å². The maximum Gasteiger partial charge on any atom is 0.190 e. The summed E-state index contributed by atoms with van der Waals surface area (Å²) in [4.78, 5) is 3.04. The van der Waals surface area contributed by atoms with E-state index in [1.807, 2.05) is 12.1 Å². The number of rotatable bonds is 2. The molecule has 0 saturated heterocycles. The minimum atomic E-state index is -1.65. The lowest BCUT2D eigenvalue weighted by molar-refractivity contribution is 0.213. The van der Waals surface area contributed by atoms with Crippen LogP contribution < -0.4 is 0 Å². The van der Waals surface area contributed by atoms with Gasteiger partial charge in [0.05, 0.1) is 28.3 Å². The van der Waals surface area contributed by atoms with Gasteiger partial charge in [-0.1, -0.05) is 24.6 Å². The molecule has 1 unspecified atom stereocenters. The van der Waals surface area contributed by atoms with Gasteiger partial charge < -0.3 is 5.41 Å². The molecule has 0 spiro atoms. The Bertz CT molecular complexity index is 851. The number of nitrogens with zero attached hydrogens (tertiary/aromatic N) is 4. The van der Waals surface area contributed by atoms with E-state index in [1.165, 1.54) is 11.3 Å². The number of hydrogen-bond donors (Lipinski definition) is 1. The first-order valence-electron chi connectivity index (χ1n) is 8.01. The van der Waals surface area contributed by atoms with Crippen molar-refractivity contribution in [2.24, 2.45) is 17.3 Å². The van der Waals surface area contributed by atoms with Gasteiger partial charge in [-0.2, -0.15) is 15.8 Å². The molecule has 5 nitrogen and oxygen atoms in total. The summed E-state index contributed by atoms with van der Waals surface area (Å²) in [5.41, 5.74) is -0.886. The average Bonchev–Trinajstić information content (AvgIpc) is 3.06. The summed E-state index contributed by atoms with van der Waals surface area (Å²) >= 11 is 7.44. The molecule has 1 saturated carbocycles. The minimum absolute atomic E-state index is 0.109. The fourth-order valence-electron chi connectivity index (χ4n) is 3.93. The first-order chi connectivity index (χ1) is 12.0. The second kappa shape index (κ2) is 6.62. The van der Waals surface area contributed by atoms with Crippen molar-refractivity contribution >= 4 is 28.6 Å². The molecule has 2 heterocycles. The lowest BCUT2D eigenvalue weighted by atomic mass is 9.55. The zero-order valence-corrected chi connectivity index (χ0v) is 15.2. The summed E-state index contributed by atoms with van der Waals surface area (Å²) < 4.78 is 0.586. The summed E-state index contributed by atoms with van der Waals surface area (Å²) in [7, 11) is 0. The van der Waals surface area contributed by atoms with Gasteiger partial charge in [0.25, 0.3) is 0 Å². The maximum atomic E-state index is 9.89. The van der Waals surface area contributed by atoms with Crippen LogP contribution in [0.5, 0.6) is 0 Å². The maximum absolute atomic E-state index is 9.89. The van der Waals surface area contributed by atoms with E-state index in [1.54, 1.807) is 6.07 Å². The smallest absolute Gasteiger partial charge is 0.190 e. The third-order valence-corrected chi connectivity index (χ3v) is 6.53. The van der Waals surface area contributed by atoms with Gasteiger partial charge in [-0.25, -0.2) is 0 Å². The highest BCUT2D eigenvalue weighted by Gasteiger charge is 2.58. The third kappa shape index (κ3) is 2.57. The van der Waals surface area contributed by atoms with E-state index in [9.17, 15) is 15.8 Å². The number of thiophene rings is 1. The van der Waals surface area contributed by atoms with Gasteiger partial charge in [-0.05, 0) is 24.3 Å². The number of hydrogen-bond acceptors (Lipinski definition) is 6. The largest absolute Gasteiger partial charge is 0.305 e. The lowest BCUT2D eigenvalue weighted by Crippen LogP contribution is -2.52. The van der Waals surface area contributed by atoms with Crippen LogP contribution in [0.15, 0.2) is 23.8 Å². The zero-order chi connectivity index (χ0) is 18.2. The Labute approximate surface area is 155 Å². The number of fused-ring (bicyclic) bond motifs is 1. The summed E-state index contributed by atoms with van der Waals surface area (Å²) in [5, 5.41) is 37.9. The third-order valence-electron chi connectivity index (χ3n) is 5.21. The lowest BCUT2D eigenvalue weighted by Gasteiger charge is -2.47. The van der Waals surface area contributed by atoms with E-state index in [4.69, 9.17) is 17.0 Å². The van der Waals surface area contributed by atoms with Crippen LogP contribution in [0.3, 0.4) is 0 Å². The number of halogens is 1. The van der Waals surface area contributed by atoms with Crippen molar-refractivity contribution in [1.29, 1.82) is 21.2 Å². The van der Waals surface area contributed by atoms with Gasteiger partial charge in [-0.15, -0.1) is 11.3 Å². The van der Waals surface area contributed by atoms with Crippen LogP contribution in [0.4, 0.5) is 0 Å². The fourth-order valence-corrected chi connectivity index (χ4v) is 5.22. The monoisotopic (exact) mass is 369 g/mol. The van der Waals surface area contributed by atoms with Gasteiger partial charge in [0.1, 0.15) is 5.92 Å². The van der Waals surface area contributed by atoms with Crippen LogP contribution in [-0.2, 0) is 0 Å². The Balaban J connectivity index is 2.24. The summed E-state index contributed by atoms with van der Waals surface area (Å²) in [5.74, 6) is -1.45. The fraction of sp³-hybridized carbons (Fsp3) is 0.444. The summed E-state index contributed by atoms with van der Waals surface area (Å²) in [6, 6.07) is 9.91. The molecule has 1 aromatic rings. The molecule has 1 aliphatic carbocycles. The molecular formula is C18H16ClN5S. The highest BCUT2D eigenvalue weighted by molar-refractivity contribution is 7.16. The number of likely N-dealkylation sites (N-methyl/N-ethyl adjacent to an activating group) is 1. The molecule has 0 aromatic carbocycles. The van der Waals surface area contributed by atoms with Crippen LogP contribution in [0.2, 0.25) is 4.34 Å². The molecule has 3 atom stereocenters. The van der Waals surface area contributed by atoms with Crippen molar-refractivity contribution in [3.63, 3.8) is 0 Å². The molecule has 0 bridgehead atoms.